The van der Waals surface area contributed by atoms with E-state index in [4.69, 9.17) is 11.6 Å². The summed E-state index contributed by atoms with van der Waals surface area (Å²) in [6, 6.07) is 21.4. The highest BCUT2D eigenvalue weighted by molar-refractivity contribution is 6.30. The average Bonchev–Trinajstić information content (AvgIpc) is 2.74. The summed E-state index contributed by atoms with van der Waals surface area (Å²) in [5.41, 5.74) is 2.54. The maximum Gasteiger partial charge on any atom is 0.254 e. The van der Waals surface area contributed by atoms with E-state index < -0.39 is 0 Å². The van der Waals surface area contributed by atoms with Crippen LogP contribution < -0.4 is 5.32 Å². The van der Waals surface area contributed by atoms with Crippen LogP contribution in [0.25, 0.3) is 11.1 Å². The summed E-state index contributed by atoms with van der Waals surface area (Å²) in [5.74, 6) is 0.736. The van der Waals surface area contributed by atoms with Gasteiger partial charge in [-0.25, -0.2) is 4.98 Å². The van der Waals surface area contributed by atoms with Gasteiger partial charge in [0.05, 0.1) is 11.1 Å². The van der Waals surface area contributed by atoms with Gasteiger partial charge in [0, 0.05) is 25.4 Å². The zero-order chi connectivity index (χ0) is 21.7. The van der Waals surface area contributed by atoms with Crippen molar-refractivity contribution in [3.05, 3.63) is 83.5 Å². The number of nitrogens with zero attached hydrogens (tertiary/aromatic N) is 2. The molecule has 0 saturated heterocycles. The van der Waals surface area contributed by atoms with Crippen molar-refractivity contribution in [3.8, 4) is 11.1 Å². The van der Waals surface area contributed by atoms with Crippen molar-refractivity contribution in [3.63, 3.8) is 0 Å². The van der Waals surface area contributed by atoms with E-state index >= 15 is 0 Å². The Bertz CT molecular complexity index is 981. The Morgan fingerprint density at radius 1 is 1.03 bits per heavy atom. The topological polar surface area (TPSA) is 45.2 Å². The monoisotopic (exact) mass is 421 g/mol. The fourth-order valence-electron chi connectivity index (χ4n) is 3.58. The Hall–Kier alpha value is -2.85. The Morgan fingerprint density at radius 2 is 1.70 bits per heavy atom. The Labute approximate surface area is 183 Å². The van der Waals surface area contributed by atoms with E-state index in [2.05, 4.69) is 31.1 Å². The third kappa shape index (κ3) is 5.19. The summed E-state index contributed by atoms with van der Waals surface area (Å²) in [7, 11) is 1.87. The molecule has 1 heterocycles. The molecule has 1 aromatic heterocycles. The van der Waals surface area contributed by atoms with E-state index in [9.17, 15) is 4.79 Å². The maximum atomic E-state index is 13.5. The van der Waals surface area contributed by atoms with Crippen LogP contribution in [-0.4, -0.2) is 35.4 Å². The van der Waals surface area contributed by atoms with Crippen LogP contribution in [0.3, 0.4) is 0 Å². The lowest BCUT2D eigenvalue weighted by Gasteiger charge is -2.38. The molecule has 3 aromatic rings. The van der Waals surface area contributed by atoms with E-state index in [0.29, 0.717) is 17.1 Å². The Kier molecular flexibility index (Phi) is 6.78. The zero-order valence-corrected chi connectivity index (χ0v) is 18.6. The molecule has 2 aromatic carbocycles. The molecule has 30 heavy (non-hydrogen) atoms. The van der Waals surface area contributed by atoms with E-state index in [-0.39, 0.29) is 17.4 Å². The molecule has 5 heteroatoms. The normalized spacial score (nSPS) is 12.3. The van der Waals surface area contributed by atoms with Crippen molar-refractivity contribution < 1.29 is 4.79 Å². The number of carbonyl (C=O) groups is 1. The van der Waals surface area contributed by atoms with Crippen LogP contribution in [0.2, 0.25) is 5.02 Å². The van der Waals surface area contributed by atoms with Gasteiger partial charge in [-0.15, -0.1) is 0 Å². The summed E-state index contributed by atoms with van der Waals surface area (Å²) < 4.78 is 0. The first-order valence-corrected chi connectivity index (χ1v) is 10.4. The van der Waals surface area contributed by atoms with E-state index in [0.717, 1.165) is 16.9 Å². The fraction of sp³-hybridized carbons (Fsp3) is 0.280. The number of anilines is 1. The highest BCUT2D eigenvalue weighted by Crippen LogP contribution is 2.29. The highest BCUT2D eigenvalue weighted by atomic mass is 35.5. The van der Waals surface area contributed by atoms with Gasteiger partial charge in [-0.1, -0.05) is 80.9 Å². The summed E-state index contributed by atoms with van der Waals surface area (Å²) in [6.07, 6.45) is 1.61. The van der Waals surface area contributed by atoms with Gasteiger partial charge in [0.25, 0.3) is 5.91 Å². The van der Waals surface area contributed by atoms with E-state index in [1.54, 1.807) is 12.3 Å². The molecule has 1 N–H and O–H groups in total. The molecule has 0 aliphatic carbocycles. The van der Waals surface area contributed by atoms with Crippen LogP contribution in [0, 0.1) is 5.41 Å². The summed E-state index contributed by atoms with van der Waals surface area (Å²) in [4.78, 5) is 19.7. The van der Waals surface area contributed by atoms with Crippen LogP contribution in [0.15, 0.2) is 72.9 Å². The maximum absolute atomic E-state index is 13.5. The Morgan fingerprint density at radius 3 is 2.33 bits per heavy atom. The van der Waals surface area contributed by atoms with Crippen LogP contribution in [0.5, 0.6) is 0 Å². The third-order valence-electron chi connectivity index (χ3n) is 5.23. The molecule has 0 saturated carbocycles. The lowest BCUT2D eigenvalue weighted by atomic mass is 9.85. The lowest BCUT2D eigenvalue weighted by molar-refractivity contribution is 0.0619. The number of benzene rings is 2. The summed E-state index contributed by atoms with van der Waals surface area (Å²) >= 11 is 5.93. The van der Waals surface area contributed by atoms with Gasteiger partial charge < -0.3 is 10.2 Å². The van der Waals surface area contributed by atoms with Crippen molar-refractivity contribution in [2.24, 2.45) is 5.41 Å². The number of halogens is 1. The quantitative estimate of drug-likeness (QED) is 0.530. The smallest absolute Gasteiger partial charge is 0.254 e. The van der Waals surface area contributed by atoms with Gasteiger partial charge in [-0.05, 0) is 34.7 Å². The number of pyridine rings is 1. The molecule has 0 aliphatic rings. The Balaban J connectivity index is 1.85. The predicted octanol–water partition coefficient (Wildman–Crippen LogP) is 6.00. The second-order valence-electron chi connectivity index (χ2n) is 8.45. The fourth-order valence-corrected chi connectivity index (χ4v) is 3.69. The van der Waals surface area contributed by atoms with Gasteiger partial charge in [0.15, 0.2) is 0 Å². The molecular formula is C25H28ClN3O. The summed E-state index contributed by atoms with van der Waals surface area (Å²) in [6.45, 7) is 7.00. The van der Waals surface area contributed by atoms with E-state index in [1.807, 2.05) is 72.6 Å². The van der Waals surface area contributed by atoms with Crippen molar-refractivity contribution in [2.75, 3.05) is 18.9 Å². The van der Waals surface area contributed by atoms with Gasteiger partial charge in [0.1, 0.15) is 5.82 Å². The first-order chi connectivity index (χ1) is 14.3. The van der Waals surface area contributed by atoms with Gasteiger partial charge in [0.2, 0.25) is 0 Å². The second-order valence-corrected chi connectivity index (χ2v) is 8.89. The van der Waals surface area contributed by atoms with E-state index in [1.165, 1.54) is 0 Å². The molecule has 0 fully saturated rings. The van der Waals surface area contributed by atoms with Crippen LogP contribution in [-0.2, 0) is 0 Å². The molecule has 0 spiro atoms. The molecule has 1 atom stereocenters. The van der Waals surface area contributed by atoms with Gasteiger partial charge in [-0.2, -0.15) is 0 Å². The average molecular weight is 422 g/mol. The SMILES string of the molecule is CN(C(=O)c1ccccc1-c1ccccc1)C(CNc1ccc(Cl)cn1)C(C)(C)C. The number of hydrogen-bond acceptors (Lipinski definition) is 3. The number of hydrogen-bond donors (Lipinski definition) is 1. The van der Waals surface area contributed by atoms with Crippen molar-refractivity contribution in [1.82, 2.24) is 9.88 Å². The predicted molar refractivity (Wildman–Crippen MR) is 125 cm³/mol. The molecule has 0 aliphatic heterocycles. The zero-order valence-electron chi connectivity index (χ0n) is 17.9. The molecular weight excluding hydrogens is 394 g/mol. The van der Waals surface area contributed by atoms with Crippen molar-refractivity contribution >= 4 is 23.3 Å². The molecule has 1 amide bonds. The first-order valence-electron chi connectivity index (χ1n) is 10.0. The van der Waals surface area contributed by atoms with Crippen LogP contribution >= 0.6 is 11.6 Å². The number of aromatic nitrogens is 1. The molecule has 1 unspecified atom stereocenters. The first kappa shape index (κ1) is 21.8. The van der Waals surface area contributed by atoms with Gasteiger partial charge in [-0.3, -0.25) is 4.79 Å². The number of nitrogens with one attached hydrogen (secondary N) is 1. The lowest BCUT2D eigenvalue weighted by Crippen LogP contribution is -2.49. The number of rotatable bonds is 6. The third-order valence-corrected chi connectivity index (χ3v) is 5.46. The molecule has 4 nitrogen and oxygen atoms in total. The standard InChI is InChI=1S/C25H28ClN3O/c1-25(2,3)22(17-28-23-15-14-19(26)16-27-23)29(4)24(30)21-13-9-8-12-20(21)18-10-6-5-7-11-18/h5-16,22H,17H2,1-4H3,(H,27,28). The van der Waals surface area contributed by atoms with Crippen LogP contribution in [0.4, 0.5) is 5.82 Å². The number of likely N-dealkylation sites (N-methyl/N-ethyl adjacent to an activating group) is 1. The van der Waals surface area contributed by atoms with Crippen molar-refractivity contribution in [1.29, 1.82) is 0 Å². The minimum Gasteiger partial charge on any atom is -0.368 e. The highest BCUT2D eigenvalue weighted by Gasteiger charge is 2.32. The largest absolute Gasteiger partial charge is 0.368 e. The van der Waals surface area contributed by atoms with Crippen molar-refractivity contribution in [2.45, 2.75) is 26.8 Å². The second kappa shape index (κ2) is 9.31. The van der Waals surface area contributed by atoms with Crippen LogP contribution in [0.1, 0.15) is 31.1 Å². The summed E-state index contributed by atoms with van der Waals surface area (Å²) in [5, 5.41) is 3.94. The minimum atomic E-state index is -0.133. The molecule has 156 valence electrons. The molecule has 0 bridgehead atoms. The number of carbonyl (C=O) groups excluding carboxylic acids is 1. The van der Waals surface area contributed by atoms with Gasteiger partial charge >= 0.3 is 0 Å². The number of amides is 1. The molecule has 0 radical (unpaired) electrons. The minimum absolute atomic E-state index is 0.000225. The molecule has 3 rings (SSSR count).